The van der Waals surface area contributed by atoms with Crippen molar-refractivity contribution in [2.75, 3.05) is 0 Å². The maximum Gasteiger partial charge on any atom is 0.0849 e. The molecule has 0 fully saturated rings. The second-order valence-electron chi connectivity index (χ2n) is 6.10. The van der Waals surface area contributed by atoms with Gasteiger partial charge >= 0.3 is 0 Å². The van der Waals surface area contributed by atoms with Crippen molar-refractivity contribution in [3.63, 3.8) is 0 Å². The van der Waals surface area contributed by atoms with Gasteiger partial charge in [-0.25, -0.2) is 0 Å². The highest BCUT2D eigenvalue weighted by molar-refractivity contribution is 9.09. The predicted molar refractivity (Wildman–Crippen MR) is 87.4 cm³/mol. The Morgan fingerprint density at radius 3 is 2.42 bits per heavy atom. The minimum absolute atomic E-state index is 0.309. The Morgan fingerprint density at radius 1 is 1.32 bits per heavy atom. The van der Waals surface area contributed by atoms with Crippen molar-refractivity contribution in [1.82, 2.24) is 9.78 Å². The van der Waals surface area contributed by atoms with Crippen LogP contribution in [0.4, 0.5) is 0 Å². The summed E-state index contributed by atoms with van der Waals surface area (Å²) < 4.78 is 2.06. The first-order valence-electron chi connectivity index (χ1n) is 7.19. The highest BCUT2D eigenvalue weighted by Crippen LogP contribution is 2.31. The van der Waals surface area contributed by atoms with Gasteiger partial charge in [0.25, 0.3) is 0 Å². The van der Waals surface area contributed by atoms with Crippen molar-refractivity contribution < 1.29 is 0 Å². The largest absolute Gasteiger partial charge is 0.268 e. The van der Waals surface area contributed by atoms with E-state index in [1.165, 1.54) is 5.69 Å². The third-order valence-corrected chi connectivity index (χ3v) is 5.77. The molecule has 0 radical (unpaired) electrons. The number of hydrogen-bond donors (Lipinski definition) is 0. The molecule has 0 aliphatic carbocycles. The molecule has 4 heteroatoms. The molecule has 0 spiro atoms. The van der Waals surface area contributed by atoms with Gasteiger partial charge in [-0.15, -0.1) is 0 Å². The summed E-state index contributed by atoms with van der Waals surface area (Å²) in [5.41, 5.74) is 2.54. The normalized spacial score (nSPS) is 13.8. The number of nitrogens with zero attached hydrogens (tertiary/aromatic N) is 2. The van der Waals surface area contributed by atoms with Gasteiger partial charge in [-0.1, -0.05) is 55.2 Å². The number of rotatable bonds is 6. The fourth-order valence-electron chi connectivity index (χ4n) is 2.14. The lowest BCUT2D eigenvalue weighted by Gasteiger charge is -2.25. The Balaban J connectivity index is 2.65. The molecular formula is C15H26BrClN2. The van der Waals surface area contributed by atoms with Gasteiger partial charge in [0.2, 0.25) is 0 Å². The van der Waals surface area contributed by atoms with E-state index in [0.29, 0.717) is 10.2 Å². The number of hydrogen-bond acceptors (Lipinski definition) is 1. The summed E-state index contributed by atoms with van der Waals surface area (Å²) in [6.45, 7) is 11.9. The molecule has 0 amide bonds. The van der Waals surface area contributed by atoms with E-state index in [4.69, 9.17) is 11.6 Å². The summed E-state index contributed by atoms with van der Waals surface area (Å²) >= 11 is 10.2. The van der Waals surface area contributed by atoms with Crippen LogP contribution >= 0.6 is 27.5 Å². The molecule has 1 rings (SSSR count). The highest BCUT2D eigenvalue weighted by Gasteiger charge is 2.22. The second-order valence-corrected chi connectivity index (χ2v) is 7.59. The van der Waals surface area contributed by atoms with Crippen molar-refractivity contribution in [3.05, 3.63) is 16.4 Å². The number of aryl methyl sites for hydroxylation is 2. The zero-order valence-electron chi connectivity index (χ0n) is 12.8. The average molecular weight is 350 g/mol. The SMILES string of the molecule is CCc1nn(CC)c(CCCC(Br)C(C)(C)C)c1Cl. The minimum Gasteiger partial charge on any atom is -0.268 e. The van der Waals surface area contributed by atoms with E-state index in [1.807, 2.05) is 0 Å². The molecule has 0 bridgehead atoms. The summed E-state index contributed by atoms with van der Waals surface area (Å²) in [6, 6.07) is 0. The van der Waals surface area contributed by atoms with Crippen LogP contribution < -0.4 is 0 Å². The average Bonchev–Trinajstić information content (AvgIpc) is 2.64. The van der Waals surface area contributed by atoms with Gasteiger partial charge in [0.05, 0.1) is 16.4 Å². The smallest absolute Gasteiger partial charge is 0.0849 e. The third kappa shape index (κ3) is 4.49. The van der Waals surface area contributed by atoms with Crippen LogP contribution in [-0.2, 0) is 19.4 Å². The number of halogens is 2. The molecule has 1 heterocycles. The summed E-state index contributed by atoms with van der Waals surface area (Å²) in [4.78, 5) is 0.544. The van der Waals surface area contributed by atoms with Crippen molar-refractivity contribution >= 4 is 27.5 Å². The lowest BCUT2D eigenvalue weighted by atomic mass is 9.89. The van der Waals surface area contributed by atoms with Crippen molar-refractivity contribution in [2.24, 2.45) is 5.41 Å². The van der Waals surface area contributed by atoms with E-state index in [0.717, 1.165) is 42.9 Å². The van der Waals surface area contributed by atoms with Crippen LogP contribution in [0.5, 0.6) is 0 Å². The molecular weight excluding hydrogens is 324 g/mol. The molecule has 1 atom stereocenters. The molecule has 1 unspecified atom stereocenters. The quantitative estimate of drug-likeness (QED) is 0.641. The van der Waals surface area contributed by atoms with Crippen LogP contribution in [0.15, 0.2) is 0 Å². The molecule has 110 valence electrons. The Labute approximate surface area is 131 Å². The minimum atomic E-state index is 0.309. The van der Waals surface area contributed by atoms with E-state index in [1.54, 1.807) is 0 Å². The van der Waals surface area contributed by atoms with E-state index >= 15 is 0 Å². The van der Waals surface area contributed by atoms with Crippen molar-refractivity contribution in [3.8, 4) is 0 Å². The first-order chi connectivity index (χ1) is 8.81. The van der Waals surface area contributed by atoms with Gasteiger partial charge in [0.1, 0.15) is 0 Å². The molecule has 0 N–H and O–H groups in total. The van der Waals surface area contributed by atoms with Crippen LogP contribution in [-0.4, -0.2) is 14.6 Å². The molecule has 0 aliphatic heterocycles. The van der Waals surface area contributed by atoms with Crippen LogP contribution in [0.3, 0.4) is 0 Å². The molecule has 0 aliphatic rings. The first-order valence-corrected chi connectivity index (χ1v) is 8.48. The molecule has 19 heavy (non-hydrogen) atoms. The zero-order chi connectivity index (χ0) is 14.6. The highest BCUT2D eigenvalue weighted by atomic mass is 79.9. The summed E-state index contributed by atoms with van der Waals surface area (Å²) in [5, 5.41) is 5.45. The number of alkyl halides is 1. The Morgan fingerprint density at radius 2 is 1.95 bits per heavy atom. The molecule has 1 aromatic heterocycles. The fourth-order valence-corrected chi connectivity index (χ4v) is 2.83. The third-order valence-electron chi connectivity index (χ3n) is 3.50. The lowest BCUT2D eigenvalue weighted by Crippen LogP contribution is -2.20. The summed E-state index contributed by atoms with van der Waals surface area (Å²) in [7, 11) is 0. The fraction of sp³-hybridized carbons (Fsp3) is 0.800. The van der Waals surface area contributed by atoms with Gasteiger partial charge in [-0.3, -0.25) is 4.68 Å². The standard InChI is InChI=1S/C15H26BrClN2/c1-6-11-14(17)12(19(7-2)18-11)9-8-10-13(16)15(3,4)5/h13H,6-10H2,1-5H3. The van der Waals surface area contributed by atoms with Crippen LogP contribution in [0.2, 0.25) is 5.02 Å². The van der Waals surface area contributed by atoms with E-state index < -0.39 is 0 Å². The number of aromatic nitrogens is 2. The molecule has 2 nitrogen and oxygen atoms in total. The van der Waals surface area contributed by atoms with Crippen LogP contribution in [0, 0.1) is 5.41 Å². The Kier molecular flexibility index (Phi) is 6.38. The van der Waals surface area contributed by atoms with Gasteiger partial charge in [0.15, 0.2) is 0 Å². The predicted octanol–water partition coefficient (Wildman–Crippen LogP) is 5.25. The van der Waals surface area contributed by atoms with Gasteiger partial charge in [0, 0.05) is 11.4 Å². The van der Waals surface area contributed by atoms with E-state index in [-0.39, 0.29) is 0 Å². The van der Waals surface area contributed by atoms with E-state index in [9.17, 15) is 0 Å². The first kappa shape index (κ1) is 17.0. The van der Waals surface area contributed by atoms with Crippen LogP contribution in [0.1, 0.15) is 58.8 Å². The second kappa shape index (κ2) is 7.12. The van der Waals surface area contributed by atoms with E-state index in [2.05, 4.69) is 60.3 Å². The van der Waals surface area contributed by atoms with Crippen molar-refractivity contribution in [2.45, 2.75) is 71.7 Å². The van der Waals surface area contributed by atoms with Crippen LogP contribution in [0.25, 0.3) is 0 Å². The summed E-state index contributed by atoms with van der Waals surface area (Å²) in [5.74, 6) is 0. The molecule has 0 aromatic carbocycles. The Hall–Kier alpha value is -0.0200. The Bertz CT molecular complexity index is 407. The maximum atomic E-state index is 6.42. The van der Waals surface area contributed by atoms with Crippen molar-refractivity contribution in [1.29, 1.82) is 0 Å². The van der Waals surface area contributed by atoms with Gasteiger partial charge < -0.3 is 0 Å². The topological polar surface area (TPSA) is 17.8 Å². The molecule has 1 aromatic rings. The molecule has 0 saturated carbocycles. The van der Waals surface area contributed by atoms with Gasteiger partial charge in [-0.2, -0.15) is 5.10 Å². The maximum absolute atomic E-state index is 6.42. The summed E-state index contributed by atoms with van der Waals surface area (Å²) in [6.07, 6.45) is 4.22. The lowest BCUT2D eigenvalue weighted by molar-refractivity contribution is 0.379. The van der Waals surface area contributed by atoms with Gasteiger partial charge in [-0.05, 0) is 38.0 Å². The zero-order valence-corrected chi connectivity index (χ0v) is 15.1. The monoisotopic (exact) mass is 348 g/mol. The molecule has 0 saturated heterocycles.